The fraction of sp³-hybridized carbons (Fsp3) is 0.792. The Morgan fingerprint density at radius 2 is 0.923 bits per heavy atom. The summed E-state index contributed by atoms with van der Waals surface area (Å²) in [4.78, 5) is 0. The molecular formula is C24H45NRu. The van der Waals surface area contributed by atoms with Crippen LogP contribution in [-0.2, 0) is 45.2 Å². The number of unbranched alkanes of at least 4 members (excludes halogenated alkanes) is 4. The topological polar surface area (TPSA) is 23.8 Å². The van der Waals surface area contributed by atoms with E-state index in [4.69, 9.17) is 5.73 Å². The zero-order chi connectivity index (χ0) is 19.1. The van der Waals surface area contributed by atoms with E-state index in [9.17, 15) is 0 Å². The molecule has 0 radical (unpaired) electrons. The van der Waals surface area contributed by atoms with Crippen LogP contribution < -0.4 is 0 Å². The molecule has 0 heterocycles. The molecule has 0 aliphatic rings. The number of hydrogen-bond donors (Lipinski definition) is 0. The smallest absolute Gasteiger partial charge is 0.675 e. The Morgan fingerprint density at radius 1 is 0.654 bits per heavy atom. The van der Waals surface area contributed by atoms with Crippen molar-refractivity contribution >= 4 is 0 Å². The van der Waals surface area contributed by atoms with Gasteiger partial charge in [-0.3, -0.25) is 0 Å². The van der Waals surface area contributed by atoms with E-state index < -0.39 is 0 Å². The third-order valence-electron chi connectivity index (χ3n) is 4.65. The van der Waals surface area contributed by atoms with Gasteiger partial charge in [-0.2, -0.15) is 28.3 Å². The molecule has 0 fully saturated rings. The van der Waals surface area contributed by atoms with Gasteiger partial charge < -0.3 is 5.73 Å². The molecule has 154 valence electrons. The van der Waals surface area contributed by atoms with Gasteiger partial charge in [-0.25, -0.2) is 0 Å². The molecule has 26 heavy (non-hydrogen) atoms. The van der Waals surface area contributed by atoms with Crippen LogP contribution >= 0.6 is 0 Å². The first kappa shape index (κ1) is 28.1. The minimum absolute atomic E-state index is 0. The predicted octanol–water partition coefficient (Wildman–Crippen LogP) is 8.22. The fourth-order valence-corrected chi connectivity index (χ4v) is 3.28. The van der Waals surface area contributed by atoms with Crippen molar-refractivity contribution < 1.29 is 19.5 Å². The fourth-order valence-electron chi connectivity index (χ4n) is 3.28. The third-order valence-corrected chi connectivity index (χ3v) is 4.65. The molecule has 0 amide bonds. The summed E-state index contributed by atoms with van der Waals surface area (Å²) in [6, 6.07) is 2.67. The van der Waals surface area contributed by atoms with Crippen LogP contribution in [0.5, 0.6) is 0 Å². The van der Waals surface area contributed by atoms with E-state index in [1.54, 1.807) is 22.3 Å². The Bertz CT molecular complexity index is 383. The molecule has 1 nitrogen and oxygen atoms in total. The van der Waals surface area contributed by atoms with Gasteiger partial charge in [-0.1, -0.05) is 119 Å². The molecule has 0 aromatic heterocycles. The first-order chi connectivity index (χ1) is 12.0. The van der Waals surface area contributed by atoms with Crippen LogP contribution in [0.25, 0.3) is 5.73 Å². The van der Waals surface area contributed by atoms with Gasteiger partial charge in [0, 0.05) is 0 Å². The standard InChI is InChI=1S/C21H37.C3H8N.Ru/c1-5-9-13-18-17-19(14-10-6-2)21(16-12-8-4)20(18)15-11-7-3;1-3(2)4;/h17H,5-16H2,1-4H3;3-4H,1-2H3;/q2*-1;+2. The maximum Gasteiger partial charge on any atom is 2.00 e. The molecule has 1 N–H and O–H groups in total. The van der Waals surface area contributed by atoms with Crippen molar-refractivity contribution in [2.75, 3.05) is 0 Å². The average Bonchev–Trinajstić information content (AvgIpc) is 2.90. The number of hydrogen-bond acceptors (Lipinski definition) is 0. The molecule has 0 bridgehead atoms. The van der Waals surface area contributed by atoms with Gasteiger partial charge in [0.2, 0.25) is 0 Å². The molecule has 0 unspecified atom stereocenters. The molecule has 0 aliphatic carbocycles. The Labute approximate surface area is 178 Å². The number of aryl methyl sites for hydroxylation is 2. The number of rotatable bonds is 12. The summed E-state index contributed by atoms with van der Waals surface area (Å²) in [5.74, 6) is 0. The predicted molar refractivity (Wildman–Crippen MR) is 116 cm³/mol. The van der Waals surface area contributed by atoms with E-state index in [0.29, 0.717) is 0 Å². The monoisotopic (exact) mass is 449 g/mol. The zero-order valence-corrected chi connectivity index (χ0v) is 20.2. The molecule has 1 aromatic rings. The van der Waals surface area contributed by atoms with Crippen LogP contribution in [0.3, 0.4) is 0 Å². The Kier molecular flexibility index (Phi) is 19.8. The van der Waals surface area contributed by atoms with Crippen molar-refractivity contribution in [3.05, 3.63) is 34.1 Å². The van der Waals surface area contributed by atoms with Crippen LogP contribution in [0.2, 0.25) is 0 Å². The van der Waals surface area contributed by atoms with Crippen molar-refractivity contribution in [3.63, 3.8) is 0 Å². The Hall–Kier alpha value is -0.0666. The molecule has 1 aromatic carbocycles. The van der Waals surface area contributed by atoms with Crippen LogP contribution in [0, 0.1) is 0 Å². The van der Waals surface area contributed by atoms with E-state index in [1.807, 2.05) is 13.8 Å². The first-order valence-corrected chi connectivity index (χ1v) is 11.0. The summed E-state index contributed by atoms with van der Waals surface area (Å²) in [6.07, 6.45) is 15.9. The zero-order valence-electron chi connectivity index (χ0n) is 18.5. The van der Waals surface area contributed by atoms with Crippen LogP contribution in [0.4, 0.5) is 0 Å². The molecular weight excluding hydrogens is 403 g/mol. The summed E-state index contributed by atoms with van der Waals surface area (Å²) >= 11 is 0. The van der Waals surface area contributed by atoms with Crippen molar-refractivity contribution in [3.8, 4) is 0 Å². The van der Waals surface area contributed by atoms with Crippen LogP contribution in [-0.4, -0.2) is 6.04 Å². The van der Waals surface area contributed by atoms with Gasteiger partial charge in [0.1, 0.15) is 0 Å². The van der Waals surface area contributed by atoms with Gasteiger partial charge in [0.25, 0.3) is 0 Å². The summed E-state index contributed by atoms with van der Waals surface area (Å²) < 4.78 is 0. The van der Waals surface area contributed by atoms with E-state index in [1.165, 1.54) is 77.0 Å². The summed E-state index contributed by atoms with van der Waals surface area (Å²) in [6.45, 7) is 12.9. The summed E-state index contributed by atoms with van der Waals surface area (Å²) in [5, 5.41) is 0. The van der Waals surface area contributed by atoms with Gasteiger partial charge in [-0.05, 0) is 0 Å². The maximum atomic E-state index is 6.58. The molecule has 0 atom stereocenters. The second kappa shape index (κ2) is 18.3. The molecule has 1 rings (SSSR count). The normalized spacial score (nSPS) is 10.5. The largest absolute Gasteiger partial charge is 2.00 e. The average molecular weight is 449 g/mol. The van der Waals surface area contributed by atoms with Crippen molar-refractivity contribution in [2.45, 2.75) is 125 Å². The molecule has 0 aliphatic heterocycles. The Morgan fingerprint density at radius 3 is 1.19 bits per heavy atom. The quantitative estimate of drug-likeness (QED) is 0.227. The van der Waals surface area contributed by atoms with E-state index in [-0.39, 0.29) is 25.5 Å². The Balaban J connectivity index is 0. The maximum absolute atomic E-state index is 6.58. The third kappa shape index (κ3) is 12.3. The van der Waals surface area contributed by atoms with Gasteiger partial charge in [0.15, 0.2) is 0 Å². The van der Waals surface area contributed by atoms with Gasteiger partial charge in [0.05, 0.1) is 0 Å². The van der Waals surface area contributed by atoms with Crippen LogP contribution in [0.1, 0.15) is 115 Å². The van der Waals surface area contributed by atoms with Crippen molar-refractivity contribution in [1.82, 2.24) is 0 Å². The molecule has 2 heteroatoms. The summed E-state index contributed by atoms with van der Waals surface area (Å²) in [5.41, 5.74) is 13.5. The van der Waals surface area contributed by atoms with E-state index in [2.05, 4.69) is 33.8 Å². The van der Waals surface area contributed by atoms with E-state index in [0.717, 1.165) is 0 Å². The van der Waals surface area contributed by atoms with E-state index >= 15 is 0 Å². The van der Waals surface area contributed by atoms with Gasteiger partial charge >= 0.3 is 19.5 Å². The summed E-state index contributed by atoms with van der Waals surface area (Å²) in [7, 11) is 0. The van der Waals surface area contributed by atoms with Crippen molar-refractivity contribution in [1.29, 1.82) is 0 Å². The number of nitrogens with one attached hydrogen (secondary N) is 1. The minimum atomic E-state index is 0. The molecule has 0 saturated carbocycles. The van der Waals surface area contributed by atoms with Gasteiger partial charge in [-0.15, -0.1) is 6.04 Å². The second-order valence-electron chi connectivity index (χ2n) is 7.72. The SMILES string of the molecule is CC(C)[NH-].CCCCc1[cH-]c(CCCC)c(CCCC)c1CCCC.[Ru+2]. The molecule has 0 saturated heterocycles. The minimum Gasteiger partial charge on any atom is -0.675 e. The van der Waals surface area contributed by atoms with Crippen LogP contribution in [0.15, 0.2) is 6.07 Å². The van der Waals surface area contributed by atoms with Crippen molar-refractivity contribution in [2.24, 2.45) is 0 Å². The molecule has 0 spiro atoms. The first-order valence-electron chi connectivity index (χ1n) is 11.0. The second-order valence-corrected chi connectivity index (χ2v) is 7.72.